The van der Waals surface area contributed by atoms with Crippen molar-refractivity contribution in [3.05, 3.63) is 34.9 Å². The van der Waals surface area contributed by atoms with Gasteiger partial charge in [-0.3, -0.25) is 9.59 Å². The molecule has 2 aliphatic rings. The minimum Gasteiger partial charge on any atom is -0.381 e. The molecule has 2 aliphatic heterocycles. The smallest absolute Gasteiger partial charge is 0.242 e. The van der Waals surface area contributed by atoms with Crippen molar-refractivity contribution < 1.29 is 14.3 Å². The number of amides is 2. The van der Waals surface area contributed by atoms with Crippen molar-refractivity contribution in [1.29, 1.82) is 0 Å². The van der Waals surface area contributed by atoms with E-state index >= 15 is 0 Å². The highest BCUT2D eigenvalue weighted by molar-refractivity contribution is 6.30. The second-order valence-corrected chi connectivity index (χ2v) is 6.20. The molecule has 3 rings (SSSR count). The van der Waals surface area contributed by atoms with Gasteiger partial charge in [0, 0.05) is 31.3 Å². The summed E-state index contributed by atoms with van der Waals surface area (Å²) in [4.78, 5) is 28.0. The van der Waals surface area contributed by atoms with E-state index in [1.165, 1.54) is 0 Å². The van der Waals surface area contributed by atoms with Crippen LogP contribution in [0.4, 0.5) is 0 Å². The summed E-state index contributed by atoms with van der Waals surface area (Å²) in [5.41, 5.74) is 1.04. The van der Waals surface area contributed by atoms with Crippen molar-refractivity contribution >= 4 is 23.4 Å². The third kappa shape index (κ3) is 3.42. The number of hydrogen-bond acceptors (Lipinski definition) is 3. The van der Waals surface area contributed by atoms with E-state index in [0.717, 1.165) is 12.0 Å². The molecular formula is C16H19ClN2O3. The lowest BCUT2D eigenvalue weighted by Crippen LogP contribution is -2.53. The molecule has 1 aromatic rings. The summed E-state index contributed by atoms with van der Waals surface area (Å²) in [5.74, 6) is -0.0268. The molecule has 0 aromatic heterocycles. The minimum atomic E-state index is -0.0735. The van der Waals surface area contributed by atoms with Crippen molar-refractivity contribution in [3.8, 4) is 0 Å². The predicted molar refractivity (Wildman–Crippen MR) is 82.4 cm³/mol. The van der Waals surface area contributed by atoms with E-state index in [1.807, 2.05) is 24.3 Å². The fourth-order valence-electron chi connectivity index (χ4n) is 2.86. The molecule has 1 atom stereocenters. The summed E-state index contributed by atoms with van der Waals surface area (Å²) >= 11 is 5.86. The SMILES string of the molecule is O=C1CN(C(=O)[C@@H]2CCOC2)CCN1Cc1ccc(Cl)cc1. The molecule has 0 radical (unpaired) electrons. The van der Waals surface area contributed by atoms with Gasteiger partial charge in [-0.05, 0) is 24.1 Å². The first kappa shape index (κ1) is 15.3. The molecule has 2 heterocycles. The number of hydrogen-bond donors (Lipinski definition) is 0. The molecule has 22 heavy (non-hydrogen) atoms. The summed E-state index contributed by atoms with van der Waals surface area (Å²) in [7, 11) is 0. The van der Waals surface area contributed by atoms with Crippen molar-refractivity contribution in [1.82, 2.24) is 9.80 Å². The number of halogens is 1. The molecular weight excluding hydrogens is 304 g/mol. The van der Waals surface area contributed by atoms with E-state index in [0.29, 0.717) is 37.9 Å². The van der Waals surface area contributed by atoms with Crippen LogP contribution in [0.1, 0.15) is 12.0 Å². The standard InChI is InChI=1S/C16H19ClN2O3/c17-14-3-1-12(2-4-14)9-18-6-7-19(10-15(18)20)16(21)13-5-8-22-11-13/h1-4,13H,5-11H2/t13-/m1/s1. The van der Waals surface area contributed by atoms with Gasteiger partial charge in [-0.15, -0.1) is 0 Å². The average molecular weight is 323 g/mol. The topological polar surface area (TPSA) is 49.9 Å². The summed E-state index contributed by atoms with van der Waals surface area (Å²) in [6.45, 7) is 3.02. The molecule has 0 saturated carbocycles. The fourth-order valence-corrected chi connectivity index (χ4v) is 2.99. The van der Waals surface area contributed by atoms with Gasteiger partial charge in [0.05, 0.1) is 19.1 Å². The van der Waals surface area contributed by atoms with Gasteiger partial charge in [-0.1, -0.05) is 23.7 Å². The molecule has 2 saturated heterocycles. The van der Waals surface area contributed by atoms with Gasteiger partial charge in [-0.25, -0.2) is 0 Å². The Bertz CT molecular complexity index is 555. The fraction of sp³-hybridized carbons (Fsp3) is 0.500. The van der Waals surface area contributed by atoms with Crippen LogP contribution in [-0.2, 0) is 20.9 Å². The van der Waals surface area contributed by atoms with E-state index in [9.17, 15) is 9.59 Å². The minimum absolute atomic E-state index is 0.00605. The molecule has 118 valence electrons. The highest BCUT2D eigenvalue weighted by Gasteiger charge is 2.32. The number of piperazine rings is 1. The molecule has 0 N–H and O–H groups in total. The zero-order chi connectivity index (χ0) is 15.5. The molecule has 0 bridgehead atoms. The number of nitrogens with zero attached hydrogens (tertiary/aromatic N) is 2. The van der Waals surface area contributed by atoms with Gasteiger partial charge in [-0.2, -0.15) is 0 Å². The largest absolute Gasteiger partial charge is 0.381 e. The summed E-state index contributed by atoms with van der Waals surface area (Å²) in [6, 6.07) is 7.48. The zero-order valence-corrected chi connectivity index (χ0v) is 13.1. The Labute approximate surface area is 134 Å². The number of rotatable bonds is 3. The highest BCUT2D eigenvalue weighted by atomic mass is 35.5. The van der Waals surface area contributed by atoms with E-state index in [-0.39, 0.29) is 24.3 Å². The Morgan fingerprint density at radius 1 is 1.27 bits per heavy atom. The Hall–Kier alpha value is -1.59. The van der Waals surface area contributed by atoms with Crippen molar-refractivity contribution in [2.75, 3.05) is 32.8 Å². The molecule has 1 aromatic carbocycles. The lowest BCUT2D eigenvalue weighted by atomic mass is 10.1. The van der Waals surface area contributed by atoms with Crippen LogP contribution in [0.3, 0.4) is 0 Å². The van der Waals surface area contributed by atoms with Gasteiger partial charge in [0.2, 0.25) is 11.8 Å². The molecule has 2 amide bonds. The van der Waals surface area contributed by atoms with Crippen LogP contribution in [0, 0.1) is 5.92 Å². The first-order valence-electron chi connectivity index (χ1n) is 7.52. The quantitative estimate of drug-likeness (QED) is 0.848. The van der Waals surface area contributed by atoms with Gasteiger partial charge < -0.3 is 14.5 Å². The monoisotopic (exact) mass is 322 g/mol. The Morgan fingerprint density at radius 2 is 2.05 bits per heavy atom. The van der Waals surface area contributed by atoms with Crippen LogP contribution in [0.5, 0.6) is 0 Å². The van der Waals surface area contributed by atoms with Crippen LogP contribution in [0.2, 0.25) is 5.02 Å². The average Bonchev–Trinajstić information content (AvgIpc) is 3.05. The zero-order valence-electron chi connectivity index (χ0n) is 12.3. The van der Waals surface area contributed by atoms with E-state index in [1.54, 1.807) is 9.80 Å². The van der Waals surface area contributed by atoms with Crippen LogP contribution in [0.15, 0.2) is 24.3 Å². The second-order valence-electron chi connectivity index (χ2n) is 5.76. The lowest BCUT2D eigenvalue weighted by molar-refractivity contribution is -0.148. The Balaban J connectivity index is 1.56. The maximum atomic E-state index is 12.3. The number of benzene rings is 1. The Kier molecular flexibility index (Phi) is 4.64. The molecule has 0 unspecified atom stereocenters. The van der Waals surface area contributed by atoms with E-state index < -0.39 is 0 Å². The highest BCUT2D eigenvalue weighted by Crippen LogP contribution is 2.18. The van der Waals surface area contributed by atoms with Crippen LogP contribution in [-0.4, -0.2) is 54.5 Å². The first-order chi connectivity index (χ1) is 10.6. The number of carbonyl (C=O) groups is 2. The van der Waals surface area contributed by atoms with E-state index in [2.05, 4.69) is 0 Å². The predicted octanol–water partition coefficient (Wildman–Crippen LogP) is 1.55. The maximum Gasteiger partial charge on any atom is 0.242 e. The van der Waals surface area contributed by atoms with Crippen molar-refractivity contribution in [2.24, 2.45) is 5.92 Å². The molecule has 0 spiro atoms. The van der Waals surface area contributed by atoms with Crippen molar-refractivity contribution in [2.45, 2.75) is 13.0 Å². The Morgan fingerprint density at radius 3 is 2.68 bits per heavy atom. The lowest BCUT2D eigenvalue weighted by Gasteiger charge is -2.35. The van der Waals surface area contributed by atoms with Crippen molar-refractivity contribution in [3.63, 3.8) is 0 Å². The molecule has 5 nitrogen and oxygen atoms in total. The second kappa shape index (κ2) is 6.67. The van der Waals surface area contributed by atoms with E-state index in [4.69, 9.17) is 16.3 Å². The van der Waals surface area contributed by atoms with Gasteiger partial charge in [0.1, 0.15) is 0 Å². The first-order valence-corrected chi connectivity index (χ1v) is 7.90. The molecule has 2 fully saturated rings. The summed E-state index contributed by atoms with van der Waals surface area (Å²) < 4.78 is 5.25. The molecule has 6 heteroatoms. The third-order valence-corrected chi connectivity index (χ3v) is 4.45. The third-order valence-electron chi connectivity index (χ3n) is 4.20. The number of carbonyl (C=O) groups excluding carboxylic acids is 2. The van der Waals surface area contributed by atoms with Crippen LogP contribution < -0.4 is 0 Å². The van der Waals surface area contributed by atoms with Crippen LogP contribution in [0.25, 0.3) is 0 Å². The normalized spacial score (nSPS) is 22.2. The van der Waals surface area contributed by atoms with Gasteiger partial charge >= 0.3 is 0 Å². The van der Waals surface area contributed by atoms with Crippen LogP contribution >= 0.6 is 11.6 Å². The maximum absolute atomic E-state index is 12.3. The van der Waals surface area contributed by atoms with Gasteiger partial charge in [0.25, 0.3) is 0 Å². The molecule has 0 aliphatic carbocycles. The summed E-state index contributed by atoms with van der Waals surface area (Å²) in [6.07, 6.45) is 0.762. The number of ether oxygens (including phenoxy) is 1. The van der Waals surface area contributed by atoms with Gasteiger partial charge in [0.15, 0.2) is 0 Å². The summed E-state index contributed by atoms with van der Waals surface area (Å²) in [5, 5.41) is 0.685.